The van der Waals surface area contributed by atoms with Crippen LogP contribution >= 0.6 is 0 Å². The summed E-state index contributed by atoms with van der Waals surface area (Å²) in [5.41, 5.74) is 2.17. The first-order valence-corrected chi connectivity index (χ1v) is 11.0. The van der Waals surface area contributed by atoms with Gasteiger partial charge in [0.2, 0.25) is 0 Å². The number of terminal acetylenes is 1. The molecule has 0 unspecified atom stereocenters. The molecule has 0 bridgehead atoms. The van der Waals surface area contributed by atoms with Crippen molar-refractivity contribution in [2.45, 2.75) is 39.0 Å². The highest BCUT2D eigenvalue weighted by Crippen LogP contribution is 2.37. The Labute approximate surface area is 189 Å². The summed E-state index contributed by atoms with van der Waals surface area (Å²) in [5, 5.41) is 11.0. The Bertz CT molecular complexity index is 1120. The number of unbranched alkanes of at least 4 members (excludes halogenated alkanes) is 3. The van der Waals surface area contributed by atoms with Crippen molar-refractivity contribution in [1.29, 1.82) is 0 Å². The minimum Gasteiger partial charge on any atom is -0.491 e. The number of carbonyl (C=O) groups excluding carboxylic acids is 1. The van der Waals surface area contributed by atoms with E-state index in [0.29, 0.717) is 36.8 Å². The van der Waals surface area contributed by atoms with Gasteiger partial charge >= 0.3 is 5.97 Å². The summed E-state index contributed by atoms with van der Waals surface area (Å²) < 4.78 is 11.2. The van der Waals surface area contributed by atoms with Gasteiger partial charge in [-0.2, -0.15) is 5.11 Å². The van der Waals surface area contributed by atoms with Crippen molar-refractivity contribution in [3.8, 4) is 18.1 Å². The molecule has 0 amide bonds. The van der Waals surface area contributed by atoms with Gasteiger partial charge in [-0.3, -0.25) is 4.79 Å². The largest absolute Gasteiger partial charge is 0.491 e. The number of azo groups is 1. The average molecular weight is 429 g/mol. The van der Waals surface area contributed by atoms with Crippen molar-refractivity contribution in [2.24, 2.45) is 10.2 Å². The number of carbonyl (C=O) groups is 1. The van der Waals surface area contributed by atoms with E-state index in [1.807, 2.05) is 60.7 Å². The summed E-state index contributed by atoms with van der Waals surface area (Å²) in [4.78, 5) is 11.1. The number of hydrogen-bond donors (Lipinski definition) is 0. The van der Waals surface area contributed by atoms with Gasteiger partial charge in [0, 0.05) is 17.4 Å². The molecule has 0 atom stereocenters. The average Bonchev–Trinajstić information content (AvgIpc) is 2.84. The lowest BCUT2D eigenvalue weighted by Crippen LogP contribution is -2.04. The van der Waals surface area contributed by atoms with Gasteiger partial charge in [0.05, 0.1) is 18.9 Å². The highest BCUT2D eigenvalue weighted by atomic mass is 16.5. The Morgan fingerprint density at radius 3 is 2.56 bits per heavy atom. The molecule has 5 heteroatoms. The van der Waals surface area contributed by atoms with E-state index < -0.39 is 0 Å². The molecule has 0 radical (unpaired) electrons. The van der Waals surface area contributed by atoms with Gasteiger partial charge in [-0.25, -0.2) is 0 Å². The molecule has 0 saturated heterocycles. The minimum atomic E-state index is -0.141. The lowest BCUT2D eigenvalue weighted by molar-refractivity contribution is -0.143. The second kappa shape index (κ2) is 12.3. The summed E-state index contributed by atoms with van der Waals surface area (Å²) >= 11 is 0. The summed E-state index contributed by atoms with van der Waals surface area (Å²) in [6.07, 6.45) is 9.70. The fraction of sp³-hybridized carbons (Fsp3) is 0.296. The molecule has 3 aromatic carbocycles. The Hall–Kier alpha value is -3.65. The summed E-state index contributed by atoms with van der Waals surface area (Å²) in [6, 6.07) is 19.4. The first-order chi connectivity index (χ1) is 15.7. The van der Waals surface area contributed by atoms with Crippen LogP contribution in [0.15, 0.2) is 70.9 Å². The predicted molar refractivity (Wildman–Crippen MR) is 128 cm³/mol. The molecule has 0 aliphatic rings. The predicted octanol–water partition coefficient (Wildman–Crippen LogP) is 7.13. The van der Waals surface area contributed by atoms with Crippen LogP contribution < -0.4 is 4.74 Å². The van der Waals surface area contributed by atoms with Gasteiger partial charge < -0.3 is 9.47 Å². The molecule has 0 aromatic heterocycles. The zero-order valence-corrected chi connectivity index (χ0v) is 18.4. The molecule has 32 heavy (non-hydrogen) atoms. The fourth-order valence-corrected chi connectivity index (χ4v) is 3.25. The number of rotatable bonds is 11. The van der Waals surface area contributed by atoms with E-state index in [0.717, 1.165) is 42.0 Å². The molecule has 164 valence electrons. The van der Waals surface area contributed by atoms with Crippen LogP contribution in [0, 0.1) is 12.3 Å². The third-order valence-corrected chi connectivity index (χ3v) is 4.99. The van der Waals surface area contributed by atoms with Crippen molar-refractivity contribution in [3.05, 3.63) is 66.2 Å². The van der Waals surface area contributed by atoms with Gasteiger partial charge in [-0.1, -0.05) is 49.2 Å². The monoisotopic (exact) mass is 428 g/mol. The zero-order valence-electron chi connectivity index (χ0n) is 18.4. The van der Waals surface area contributed by atoms with Crippen molar-refractivity contribution in [2.75, 3.05) is 13.2 Å². The van der Waals surface area contributed by atoms with Crippen LogP contribution in [0.5, 0.6) is 5.75 Å². The molecule has 3 aromatic rings. The molecule has 0 aliphatic heterocycles. The summed E-state index contributed by atoms with van der Waals surface area (Å²) in [6.45, 7) is 2.88. The molecule has 0 heterocycles. The zero-order chi connectivity index (χ0) is 22.6. The maximum Gasteiger partial charge on any atom is 0.305 e. The van der Waals surface area contributed by atoms with Crippen LogP contribution in [-0.4, -0.2) is 19.2 Å². The number of benzene rings is 3. The van der Waals surface area contributed by atoms with Crippen LogP contribution in [0.25, 0.3) is 10.8 Å². The van der Waals surface area contributed by atoms with Crippen LogP contribution in [0.1, 0.15) is 44.6 Å². The van der Waals surface area contributed by atoms with Crippen LogP contribution in [0.4, 0.5) is 11.4 Å². The number of ether oxygens (including phenoxy) is 2. The molecule has 0 fully saturated rings. The quantitative estimate of drug-likeness (QED) is 0.141. The maximum absolute atomic E-state index is 11.1. The van der Waals surface area contributed by atoms with Crippen molar-refractivity contribution in [1.82, 2.24) is 0 Å². The Balaban J connectivity index is 1.63. The molecular formula is C27H28N2O3. The van der Waals surface area contributed by atoms with Crippen LogP contribution in [-0.2, 0) is 9.53 Å². The summed E-state index contributed by atoms with van der Waals surface area (Å²) in [7, 11) is 0. The number of fused-ring (bicyclic) bond motifs is 1. The van der Waals surface area contributed by atoms with E-state index in [1.54, 1.807) is 6.92 Å². The van der Waals surface area contributed by atoms with Gasteiger partial charge in [0.15, 0.2) is 0 Å². The van der Waals surface area contributed by atoms with E-state index in [1.165, 1.54) is 0 Å². The Morgan fingerprint density at radius 2 is 1.75 bits per heavy atom. The topological polar surface area (TPSA) is 60.3 Å². The van der Waals surface area contributed by atoms with Gasteiger partial charge in [0.1, 0.15) is 11.4 Å². The smallest absolute Gasteiger partial charge is 0.305 e. The second-order valence-electron chi connectivity index (χ2n) is 7.36. The summed E-state index contributed by atoms with van der Waals surface area (Å²) in [5.74, 6) is 3.18. The standard InChI is InChI=1S/C27H28N2O3/c1-3-21-12-11-14-23(20-21)28-29-27-24-15-8-7-13-22(24)16-17-25(27)31-18-9-5-6-10-19-32-26(30)4-2/h1,7-8,11-17,20H,4-6,9-10,18-19H2,2H3. The number of nitrogens with zero attached hydrogens (tertiary/aromatic N) is 2. The van der Waals surface area contributed by atoms with E-state index in [2.05, 4.69) is 16.1 Å². The third kappa shape index (κ3) is 6.68. The molecule has 0 saturated carbocycles. The molecule has 0 spiro atoms. The van der Waals surface area contributed by atoms with E-state index in [4.69, 9.17) is 15.9 Å². The first-order valence-electron chi connectivity index (χ1n) is 11.0. The lowest BCUT2D eigenvalue weighted by atomic mass is 10.1. The third-order valence-electron chi connectivity index (χ3n) is 4.99. The van der Waals surface area contributed by atoms with E-state index in [-0.39, 0.29) is 5.97 Å². The fourth-order valence-electron chi connectivity index (χ4n) is 3.25. The van der Waals surface area contributed by atoms with Crippen molar-refractivity contribution in [3.63, 3.8) is 0 Å². The highest BCUT2D eigenvalue weighted by molar-refractivity contribution is 5.95. The highest BCUT2D eigenvalue weighted by Gasteiger charge is 2.09. The Morgan fingerprint density at radius 1 is 0.938 bits per heavy atom. The van der Waals surface area contributed by atoms with Crippen LogP contribution in [0.2, 0.25) is 0 Å². The number of esters is 1. The molecule has 5 nitrogen and oxygen atoms in total. The molecule has 0 aliphatic carbocycles. The van der Waals surface area contributed by atoms with Gasteiger partial charge in [-0.05, 0) is 55.3 Å². The molecular weight excluding hydrogens is 400 g/mol. The first kappa shape index (κ1) is 23.0. The second-order valence-corrected chi connectivity index (χ2v) is 7.36. The van der Waals surface area contributed by atoms with Crippen LogP contribution in [0.3, 0.4) is 0 Å². The van der Waals surface area contributed by atoms with Crippen molar-refractivity contribution < 1.29 is 14.3 Å². The normalized spacial score (nSPS) is 10.9. The maximum atomic E-state index is 11.1. The van der Waals surface area contributed by atoms with Gasteiger partial charge in [-0.15, -0.1) is 11.5 Å². The molecule has 0 N–H and O–H groups in total. The Kier molecular flexibility index (Phi) is 8.82. The SMILES string of the molecule is C#Cc1cccc(N=Nc2c(OCCCCCCOC(=O)CC)ccc3ccccc23)c1. The molecule has 3 rings (SSSR count). The number of hydrogen-bond acceptors (Lipinski definition) is 5. The lowest BCUT2D eigenvalue weighted by Gasteiger charge is -2.11. The van der Waals surface area contributed by atoms with E-state index >= 15 is 0 Å². The minimum absolute atomic E-state index is 0.141. The van der Waals surface area contributed by atoms with Gasteiger partial charge in [0.25, 0.3) is 0 Å². The van der Waals surface area contributed by atoms with E-state index in [9.17, 15) is 4.79 Å². The van der Waals surface area contributed by atoms with Crippen molar-refractivity contribution >= 4 is 28.1 Å².